The molecule has 0 radical (unpaired) electrons. The number of carbonyl (C=O) groups excluding carboxylic acids is 3. The second-order valence-electron chi connectivity index (χ2n) is 5.32. The first kappa shape index (κ1) is 12.7. The molecule has 20 heavy (non-hydrogen) atoms. The SMILES string of the molecule is CN1C(=O)CC(NC(=O)c2cc(N)cn2C2CC2)C1=O. The van der Waals surface area contributed by atoms with Gasteiger partial charge in [-0.15, -0.1) is 0 Å². The number of imide groups is 1. The number of likely N-dealkylation sites (N-methyl/N-ethyl adjacent to an activating group) is 1. The van der Waals surface area contributed by atoms with Gasteiger partial charge in [-0.25, -0.2) is 0 Å². The quantitative estimate of drug-likeness (QED) is 0.753. The third-order valence-corrected chi connectivity index (χ3v) is 3.73. The third kappa shape index (κ3) is 2.04. The molecule has 0 aromatic carbocycles. The highest BCUT2D eigenvalue weighted by atomic mass is 16.2. The van der Waals surface area contributed by atoms with E-state index in [9.17, 15) is 14.4 Å². The minimum absolute atomic E-state index is 0.0146. The Hall–Kier alpha value is -2.31. The Kier molecular flexibility index (Phi) is 2.77. The summed E-state index contributed by atoms with van der Waals surface area (Å²) in [6.07, 6.45) is 3.80. The van der Waals surface area contributed by atoms with E-state index in [1.165, 1.54) is 7.05 Å². The number of hydrogen-bond acceptors (Lipinski definition) is 4. The van der Waals surface area contributed by atoms with Gasteiger partial charge in [0.25, 0.3) is 11.8 Å². The lowest BCUT2D eigenvalue weighted by Crippen LogP contribution is -2.41. The number of nitrogens with two attached hydrogens (primary N) is 1. The molecule has 1 aliphatic carbocycles. The molecule has 0 spiro atoms. The molecule has 1 saturated carbocycles. The van der Waals surface area contributed by atoms with Crippen molar-refractivity contribution in [1.29, 1.82) is 0 Å². The van der Waals surface area contributed by atoms with Crippen molar-refractivity contribution < 1.29 is 14.4 Å². The van der Waals surface area contributed by atoms with Crippen molar-refractivity contribution in [3.63, 3.8) is 0 Å². The van der Waals surface area contributed by atoms with Crippen molar-refractivity contribution in [3.05, 3.63) is 18.0 Å². The standard InChI is InChI=1S/C13H16N4O3/c1-16-11(18)5-9(13(16)20)15-12(19)10-4-7(14)6-17(10)8-2-3-8/h4,6,8-9H,2-3,5,14H2,1H3,(H,15,19). The fourth-order valence-electron chi connectivity index (χ4n) is 2.44. The van der Waals surface area contributed by atoms with Crippen LogP contribution in [0.15, 0.2) is 12.3 Å². The molecule has 3 amide bonds. The van der Waals surface area contributed by atoms with Gasteiger partial charge in [0.15, 0.2) is 0 Å². The number of likely N-dealkylation sites (tertiary alicyclic amines) is 1. The Bertz CT molecular complexity index is 603. The monoisotopic (exact) mass is 276 g/mol. The van der Waals surface area contributed by atoms with E-state index in [0.29, 0.717) is 17.4 Å². The number of rotatable bonds is 3. The number of amides is 3. The van der Waals surface area contributed by atoms with Crippen LogP contribution in [0.1, 0.15) is 35.8 Å². The van der Waals surface area contributed by atoms with Crippen LogP contribution in [0.2, 0.25) is 0 Å². The lowest BCUT2D eigenvalue weighted by molar-refractivity contribution is -0.137. The van der Waals surface area contributed by atoms with Gasteiger partial charge < -0.3 is 15.6 Å². The molecule has 1 atom stereocenters. The van der Waals surface area contributed by atoms with E-state index in [1.54, 1.807) is 12.3 Å². The topological polar surface area (TPSA) is 97.4 Å². The first-order chi connectivity index (χ1) is 9.47. The van der Waals surface area contributed by atoms with Crippen LogP contribution in [0.25, 0.3) is 0 Å². The van der Waals surface area contributed by atoms with E-state index in [2.05, 4.69) is 5.32 Å². The Labute approximate surface area is 115 Å². The molecule has 1 aromatic heterocycles. The molecule has 2 fully saturated rings. The van der Waals surface area contributed by atoms with Crippen molar-refractivity contribution in [3.8, 4) is 0 Å². The number of anilines is 1. The van der Waals surface area contributed by atoms with E-state index in [-0.39, 0.29) is 24.1 Å². The van der Waals surface area contributed by atoms with Crippen LogP contribution < -0.4 is 11.1 Å². The van der Waals surface area contributed by atoms with Gasteiger partial charge in [0.05, 0.1) is 12.1 Å². The number of hydrogen-bond donors (Lipinski definition) is 2. The Balaban J connectivity index is 1.77. The van der Waals surface area contributed by atoms with E-state index in [4.69, 9.17) is 5.73 Å². The Morgan fingerprint density at radius 3 is 2.65 bits per heavy atom. The third-order valence-electron chi connectivity index (χ3n) is 3.73. The number of nitrogens with zero attached hydrogens (tertiary/aromatic N) is 2. The van der Waals surface area contributed by atoms with Gasteiger partial charge in [-0.3, -0.25) is 19.3 Å². The second-order valence-corrected chi connectivity index (χ2v) is 5.32. The van der Waals surface area contributed by atoms with Gasteiger partial charge in [0.1, 0.15) is 11.7 Å². The molecular weight excluding hydrogens is 260 g/mol. The molecule has 1 aliphatic heterocycles. The minimum atomic E-state index is -0.774. The van der Waals surface area contributed by atoms with Gasteiger partial charge in [0.2, 0.25) is 5.91 Å². The maximum Gasteiger partial charge on any atom is 0.268 e. The fourth-order valence-corrected chi connectivity index (χ4v) is 2.44. The van der Waals surface area contributed by atoms with Crippen molar-refractivity contribution in [1.82, 2.24) is 14.8 Å². The highest BCUT2D eigenvalue weighted by molar-refractivity contribution is 6.07. The predicted octanol–water partition coefficient (Wildman–Crippen LogP) is -0.108. The number of nitrogen functional groups attached to an aromatic ring is 1. The van der Waals surface area contributed by atoms with Crippen LogP contribution in [-0.2, 0) is 9.59 Å². The fraction of sp³-hybridized carbons (Fsp3) is 0.462. The van der Waals surface area contributed by atoms with E-state index >= 15 is 0 Å². The summed E-state index contributed by atoms with van der Waals surface area (Å²) in [5, 5.41) is 2.61. The number of nitrogens with one attached hydrogen (secondary N) is 1. The second kappa shape index (κ2) is 4.36. The molecule has 7 nitrogen and oxygen atoms in total. The largest absolute Gasteiger partial charge is 0.397 e. The highest BCUT2D eigenvalue weighted by Gasteiger charge is 2.38. The summed E-state index contributed by atoms with van der Waals surface area (Å²) in [7, 11) is 1.42. The van der Waals surface area contributed by atoms with Crippen LogP contribution in [0.5, 0.6) is 0 Å². The molecule has 3 N–H and O–H groups in total. The van der Waals surface area contributed by atoms with E-state index < -0.39 is 6.04 Å². The molecule has 2 heterocycles. The van der Waals surface area contributed by atoms with Crippen LogP contribution in [0.3, 0.4) is 0 Å². The van der Waals surface area contributed by atoms with Gasteiger partial charge in [-0.1, -0.05) is 0 Å². The van der Waals surface area contributed by atoms with Crippen molar-refractivity contribution >= 4 is 23.4 Å². The maximum atomic E-state index is 12.3. The van der Waals surface area contributed by atoms with E-state index in [0.717, 1.165) is 17.7 Å². The first-order valence-electron chi connectivity index (χ1n) is 6.56. The van der Waals surface area contributed by atoms with Gasteiger partial charge in [-0.2, -0.15) is 0 Å². The zero-order chi connectivity index (χ0) is 14.4. The lowest BCUT2D eigenvalue weighted by Gasteiger charge is -2.12. The van der Waals surface area contributed by atoms with Crippen LogP contribution in [0, 0.1) is 0 Å². The van der Waals surface area contributed by atoms with Crippen molar-refractivity contribution in [2.24, 2.45) is 0 Å². The average molecular weight is 276 g/mol. The molecule has 1 unspecified atom stereocenters. The molecule has 3 rings (SSSR count). The van der Waals surface area contributed by atoms with E-state index in [1.807, 2.05) is 4.57 Å². The first-order valence-corrected chi connectivity index (χ1v) is 6.56. The molecule has 106 valence electrons. The molecule has 1 aromatic rings. The average Bonchev–Trinajstić information content (AvgIpc) is 3.13. The number of aromatic nitrogens is 1. The number of carbonyl (C=O) groups is 3. The molecule has 2 aliphatic rings. The van der Waals surface area contributed by atoms with Gasteiger partial charge in [-0.05, 0) is 18.9 Å². The summed E-state index contributed by atoms with van der Waals surface area (Å²) in [4.78, 5) is 36.5. The molecule has 0 bridgehead atoms. The summed E-state index contributed by atoms with van der Waals surface area (Å²) < 4.78 is 1.84. The molecule has 1 saturated heterocycles. The maximum absolute atomic E-state index is 12.3. The van der Waals surface area contributed by atoms with Crippen LogP contribution >= 0.6 is 0 Å². The van der Waals surface area contributed by atoms with Crippen LogP contribution in [0.4, 0.5) is 5.69 Å². The summed E-state index contributed by atoms with van der Waals surface area (Å²) in [5.41, 5.74) is 6.70. The van der Waals surface area contributed by atoms with Crippen molar-refractivity contribution in [2.75, 3.05) is 12.8 Å². The smallest absolute Gasteiger partial charge is 0.268 e. The summed E-state index contributed by atoms with van der Waals surface area (Å²) in [6.45, 7) is 0. The summed E-state index contributed by atoms with van der Waals surface area (Å²) in [6, 6.07) is 1.14. The zero-order valence-corrected chi connectivity index (χ0v) is 11.1. The molecule has 7 heteroatoms. The molecular formula is C13H16N4O3. The lowest BCUT2D eigenvalue weighted by atomic mass is 10.2. The minimum Gasteiger partial charge on any atom is -0.397 e. The summed E-state index contributed by atoms with van der Waals surface area (Å²) in [5.74, 6) is -1.02. The van der Waals surface area contributed by atoms with Crippen LogP contribution in [-0.4, -0.2) is 40.3 Å². The van der Waals surface area contributed by atoms with Gasteiger partial charge >= 0.3 is 0 Å². The summed E-state index contributed by atoms with van der Waals surface area (Å²) >= 11 is 0. The normalized spacial score (nSPS) is 22.4. The predicted molar refractivity (Wildman–Crippen MR) is 70.8 cm³/mol. The van der Waals surface area contributed by atoms with Crippen molar-refractivity contribution in [2.45, 2.75) is 31.3 Å². The van der Waals surface area contributed by atoms with Gasteiger partial charge in [0, 0.05) is 19.3 Å². The zero-order valence-electron chi connectivity index (χ0n) is 11.1. The Morgan fingerprint density at radius 2 is 2.10 bits per heavy atom. The Morgan fingerprint density at radius 1 is 1.40 bits per heavy atom. The highest BCUT2D eigenvalue weighted by Crippen LogP contribution is 2.37.